The van der Waals surface area contributed by atoms with Crippen LogP contribution in [0.1, 0.15) is 16.8 Å². The molecule has 1 aliphatic heterocycles. The van der Waals surface area contributed by atoms with Gasteiger partial charge in [0, 0.05) is 47.2 Å². The van der Waals surface area contributed by atoms with E-state index in [1.54, 1.807) is 54.7 Å². The van der Waals surface area contributed by atoms with Crippen LogP contribution in [0.5, 0.6) is 0 Å². The number of amides is 2. The minimum absolute atomic E-state index is 0.108. The molecular formula is C23H19ClF2N4O2. The predicted octanol–water partition coefficient (Wildman–Crippen LogP) is 4.53. The molecule has 2 aromatic carbocycles. The average Bonchev–Trinajstić information content (AvgIpc) is 2.79. The Morgan fingerprint density at radius 3 is 2.62 bits per heavy atom. The van der Waals surface area contributed by atoms with Crippen LogP contribution in [0.4, 0.5) is 14.5 Å². The molecule has 164 valence electrons. The Morgan fingerprint density at radius 2 is 1.91 bits per heavy atom. The fraction of sp³-hybridized carbons (Fsp3) is 0.217. The molecule has 0 aliphatic carbocycles. The molecule has 2 amide bonds. The van der Waals surface area contributed by atoms with E-state index in [4.69, 9.17) is 11.6 Å². The number of carbonyl (C=O) groups is 2. The first kappa shape index (κ1) is 21.8. The van der Waals surface area contributed by atoms with Gasteiger partial charge in [0.05, 0.1) is 24.4 Å². The number of benzene rings is 2. The molecule has 0 radical (unpaired) electrons. The minimum Gasteiger partial charge on any atom is -0.332 e. The van der Waals surface area contributed by atoms with Crippen molar-refractivity contribution in [1.82, 2.24) is 14.9 Å². The molecule has 9 heteroatoms. The van der Waals surface area contributed by atoms with Gasteiger partial charge in [0.25, 0.3) is 11.8 Å². The summed E-state index contributed by atoms with van der Waals surface area (Å²) in [5.74, 6) is -5.38. The van der Waals surface area contributed by atoms with Crippen LogP contribution in [0, 0.1) is 5.92 Å². The molecule has 3 aromatic rings. The summed E-state index contributed by atoms with van der Waals surface area (Å²) in [6.07, 6.45) is 3.98. The smallest absolute Gasteiger partial charge is 0.266 e. The number of alkyl halides is 2. The van der Waals surface area contributed by atoms with Crippen molar-refractivity contribution in [1.29, 1.82) is 0 Å². The summed E-state index contributed by atoms with van der Waals surface area (Å²) < 4.78 is 28.9. The molecule has 32 heavy (non-hydrogen) atoms. The molecule has 1 unspecified atom stereocenters. The number of piperidine rings is 1. The van der Waals surface area contributed by atoms with E-state index >= 15 is 0 Å². The lowest BCUT2D eigenvalue weighted by Gasteiger charge is -2.37. The van der Waals surface area contributed by atoms with Crippen molar-refractivity contribution in [3.8, 4) is 11.3 Å². The second-order valence-electron chi connectivity index (χ2n) is 7.61. The van der Waals surface area contributed by atoms with Crippen LogP contribution in [-0.4, -0.2) is 45.7 Å². The number of aromatic nitrogens is 2. The van der Waals surface area contributed by atoms with Gasteiger partial charge in [0.15, 0.2) is 0 Å². The normalized spacial score (nSPS) is 17.6. The van der Waals surface area contributed by atoms with Crippen LogP contribution in [0.3, 0.4) is 0 Å². The molecule has 0 spiro atoms. The fourth-order valence-electron chi connectivity index (χ4n) is 3.65. The monoisotopic (exact) mass is 456 g/mol. The lowest BCUT2D eigenvalue weighted by molar-refractivity contribution is -0.130. The largest absolute Gasteiger partial charge is 0.332 e. The van der Waals surface area contributed by atoms with E-state index < -0.39 is 36.6 Å². The minimum atomic E-state index is -3.18. The highest BCUT2D eigenvalue weighted by molar-refractivity contribution is 6.30. The third kappa shape index (κ3) is 5.08. The van der Waals surface area contributed by atoms with Gasteiger partial charge >= 0.3 is 0 Å². The van der Waals surface area contributed by atoms with Crippen molar-refractivity contribution >= 4 is 29.1 Å². The van der Waals surface area contributed by atoms with Gasteiger partial charge in [-0.25, -0.2) is 8.78 Å². The summed E-state index contributed by atoms with van der Waals surface area (Å²) in [7, 11) is 0. The first-order valence-electron chi connectivity index (χ1n) is 9.91. The summed E-state index contributed by atoms with van der Waals surface area (Å²) in [4.78, 5) is 34.9. The van der Waals surface area contributed by atoms with E-state index in [9.17, 15) is 18.4 Å². The van der Waals surface area contributed by atoms with Gasteiger partial charge in [-0.15, -0.1) is 0 Å². The Balaban J connectivity index is 1.52. The zero-order valence-electron chi connectivity index (χ0n) is 16.8. The summed E-state index contributed by atoms with van der Waals surface area (Å²) in [6.45, 7) is -0.852. The van der Waals surface area contributed by atoms with Crippen LogP contribution < -0.4 is 5.32 Å². The number of carbonyl (C=O) groups excluding carboxylic acids is 2. The zero-order chi connectivity index (χ0) is 22.7. The maximum Gasteiger partial charge on any atom is 0.266 e. The molecule has 1 N–H and O–H groups in total. The van der Waals surface area contributed by atoms with Gasteiger partial charge < -0.3 is 10.2 Å². The molecular weight excluding hydrogens is 438 g/mol. The van der Waals surface area contributed by atoms with Crippen molar-refractivity contribution in [2.75, 3.05) is 18.4 Å². The SMILES string of the molecule is O=C(Nc1ccc(Cl)cc1)C1CN(C(=O)c2cccc(-c3cnccn3)c2)CC(F)(F)C1. The molecule has 2 heterocycles. The van der Waals surface area contributed by atoms with Gasteiger partial charge in [0.2, 0.25) is 5.91 Å². The van der Waals surface area contributed by atoms with Crippen LogP contribution in [0.2, 0.25) is 5.02 Å². The maximum absolute atomic E-state index is 14.5. The van der Waals surface area contributed by atoms with Crippen molar-refractivity contribution in [3.05, 3.63) is 77.7 Å². The predicted molar refractivity (Wildman–Crippen MR) is 117 cm³/mol. The molecule has 0 saturated carbocycles. The standard InChI is InChI=1S/C23H19ClF2N4O2/c24-18-4-6-19(7-5-18)29-21(31)17-11-23(25,26)14-30(13-17)22(32)16-3-1-2-15(10-16)20-12-27-8-9-28-20/h1-10,12,17H,11,13-14H2,(H,29,31). The first-order valence-corrected chi connectivity index (χ1v) is 10.3. The number of hydrogen-bond donors (Lipinski definition) is 1. The van der Waals surface area contributed by atoms with Crippen LogP contribution in [0.15, 0.2) is 67.1 Å². The quantitative estimate of drug-likeness (QED) is 0.625. The van der Waals surface area contributed by atoms with Gasteiger partial charge in [-0.3, -0.25) is 19.6 Å². The molecule has 1 saturated heterocycles. The molecule has 4 rings (SSSR count). The average molecular weight is 457 g/mol. The molecule has 1 fully saturated rings. The van der Waals surface area contributed by atoms with Crippen molar-refractivity contribution in [3.63, 3.8) is 0 Å². The third-order valence-electron chi connectivity index (χ3n) is 5.15. The van der Waals surface area contributed by atoms with E-state index in [0.29, 0.717) is 22.0 Å². The van der Waals surface area contributed by atoms with E-state index in [2.05, 4.69) is 15.3 Å². The number of anilines is 1. The molecule has 0 bridgehead atoms. The second-order valence-corrected chi connectivity index (χ2v) is 8.05. The number of likely N-dealkylation sites (tertiary alicyclic amines) is 1. The number of nitrogens with zero attached hydrogens (tertiary/aromatic N) is 3. The third-order valence-corrected chi connectivity index (χ3v) is 5.40. The lowest BCUT2D eigenvalue weighted by atomic mass is 9.93. The van der Waals surface area contributed by atoms with Gasteiger partial charge in [-0.1, -0.05) is 23.7 Å². The summed E-state index contributed by atoms with van der Waals surface area (Å²) in [6, 6.07) is 12.9. The van der Waals surface area contributed by atoms with E-state index in [1.165, 1.54) is 12.4 Å². The van der Waals surface area contributed by atoms with E-state index in [-0.39, 0.29) is 12.1 Å². The number of rotatable bonds is 4. The van der Waals surface area contributed by atoms with Crippen molar-refractivity contribution in [2.24, 2.45) is 5.92 Å². The Kier molecular flexibility index (Phi) is 6.14. The summed E-state index contributed by atoms with van der Waals surface area (Å²) in [5.41, 5.74) is 1.89. The van der Waals surface area contributed by atoms with Crippen LogP contribution in [-0.2, 0) is 4.79 Å². The zero-order valence-corrected chi connectivity index (χ0v) is 17.6. The van der Waals surface area contributed by atoms with Crippen molar-refractivity contribution in [2.45, 2.75) is 12.3 Å². The Labute approximate surface area is 188 Å². The first-order chi connectivity index (χ1) is 15.3. The number of nitrogens with one attached hydrogen (secondary N) is 1. The molecule has 6 nitrogen and oxygen atoms in total. The van der Waals surface area contributed by atoms with Gasteiger partial charge in [-0.05, 0) is 36.4 Å². The fourth-order valence-corrected chi connectivity index (χ4v) is 3.78. The summed E-state index contributed by atoms with van der Waals surface area (Å²) in [5, 5.41) is 3.12. The molecule has 1 aliphatic rings. The molecule has 1 aromatic heterocycles. The Hall–Kier alpha value is -3.39. The van der Waals surface area contributed by atoms with Crippen LogP contribution >= 0.6 is 11.6 Å². The Morgan fingerprint density at radius 1 is 1.12 bits per heavy atom. The Bertz CT molecular complexity index is 1130. The maximum atomic E-state index is 14.5. The number of halogens is 3. The van der Waals surface area contributed by atoms with Gasteiger partial charge in [-0.2, -0.15) is 0 Å². The highest BCUT2D eigenvalue weighted by Crippen LogP contribution is 2.32. The van der Waals surface area contributed by atoms with Crippen LogP contribution in [0.25, 0.3) is 11.3 Å². The lowest BCUT2D eigenvalue weighted by Crippen LogP contribution is -2.52. The highest BCUT2D eigenvalue weighted by atomic mass is 35.5. The summed E-state index contributed by atoms with van der Waals surface area (Å²) >= 11 is 5.83. The van der Waals surface area contributed by atoms with E-state index in [1.807, 2.05) is 0 Å². The van der Waals surface area contributed by atoms with E-state index in [0.717, 1.165) is 4.90 Å². The number of hydrogen-bond acceptors (Lipinski definition) is 4. The molecule has 1 atom stereocenters. The topological polar surface area (TPSA) is 75.2 Å². The highest BCUT2D eigenvalue weighted by Gasteiger charge is 2.44. The van der Waals surface area contributed by atoms with Gasteiger partial charge in [0.1, 0.15) is 0 Å². The van der Waals surface area contributed by atoms with Crippen molar-refractivity contribution < 1.29 is 18.4 Å². The second kappa shape index (κ2) is 9.00.